The van der Waals surface area contributed by atoms with Gasteiger partial charge in [0, 0.05) is 30.9 Å². The van der Waals surface area contributed by atoms with E-state index in [4.69, 9.17) is 5.73 Å². The molecule has 0 radical (unpaired) electrons. The van der Waals surface area contributed by atoms with Crippen molar-refractivity contribution in [3.8, 4) is 0 Å². The summed E-state index contributed by atoms with van der Waals surface area (Å²) in [7, 11) is 2.04. The Morgan fingerprint density at radius 2 is 2.16 bits per heavy atom. The molecule has 0 bridgehead atoms. The fourth-order valence-electron chi connectivity index (χ4n) is 3.28. The molecule has 6 nitrogen and oxygen atoms in total. The number of nitrogens with two attached hydrogens (primary N) is 1. The molecule has 132 valence electrons. The fourth-order valence-corrected chi connectivity index (χ4v) is 3.28. The molecule has 1 fully saturated rings. The standard InChI is InChI=1S/C19H25N5O/c1-13-5-4-6-16(14(13)2)19(25)24-10-8-15(11-24)23(3)12-18-21-9-7-17(20)22-18/h4-7,9,15H,8,10-12H2,1-3H3,(H2,20,21,22)/t15-/m0/s1. The Labute approximate surface area is 148 Å². The van der Waals surface area contributed by atoms with Crippen LogP contribution < -0.4 is 5.73 Å². The molecular formula is C19H25N5O. The van der Waals surface area contributed by atoms with Crippen LogP contribution in [0.3, 0.4) is 0 Å². The summed E-state index contributed by atoms with van der Waals surface area (Å²) in [5.41, 5.74) is 8.74. The number of hydrogen-bond acceptors (Lipinski definition) is 5. The van der Waals surface area contributed by atoms with Gasteiger partial charge >= 0.3 is 0 Å². The van der Waals surface area contributed by atoms with Crippen molar-refractivity contribution in [1.82, 2.24) is 19.8 Å². The third-order valence-electron chi connectivity index (χ3n) is 5.03. The zero-order chi connectivity index (χ0) is 18.0. The number of aryl methyl sites for hydroxylation is 1. The monoisotopic (exact) mass is 339 g/mol. The van der Waals surface area contributed by atoms with Gasteiger partial charge in [-0.25, -0.2) is 9.97 Å². The van der Waals surface area contributed by atoms with Crippen LogP contribution in [-0.2, 0) is 6.54 Å². The highest BCUT2D eigenvalue weighted by Crippen LogP contribution is 2.21. The number of carbonyl (C=O) groups is 1. The van der Waals surface area contributed by atoms with E-state index in [-0.39, 0.29) is 5.91 Å². The Bertz CT molecular complexity index is 776. The third-order valence-corrected chi connectivity index (χ3v) is 5.03. The van der Waals surface area contributed by atoms with Crippen LogP contribution in [0.15, 0.2) is 30.5 Å². The molecule has 1 saturated heterocycles. The Kier molecular flexibility index (Phi) is 4.99. The second-order valence-electron chi connectivity index (χ2n) is 6.75. The van der Waals surface area contributed by atoms with Crippen LogP contribution in [0.25, 0.3) is 0 Å². The maximum Gasteiger partial charge on any atom is 0.254 e. The highest BCUT2D eigenvalue weighted by atomic mass is 16.2. The molecule has 1 aromatic carbocycles. The number of anilines is 1. The molecule has 0 saturated carbocycles. The minimum atomic E-state index is 0.123. The van der Waals surface area contributed by atoms with Gasteiger partial charge in [0.05, 0.1) is 6.54 Å². The van der Waals surface area contributed by atoms with Gasteiger partial charge in [-0.2, -0.15) is 0 Å². The summed E-state index contributed by atoms with van der Waals surface area (Å²) in [6.45, 7) is 6.18. The number of amides is 1. The number of nitrogen functional groups attached to an aromatic ring is 1. The molecular weight excluding hydrogens is 314 g/mol. The summed E-state index contributed by atoms with van der Waals surface area (Å²) in [5.74, 6) is 1.32. The number of likely N-dealkylation sites (tertiary alicyclic amines) is 1. The van der Waals surface area contributed by atoms with Crippen LogP contribution in [0, 0.1) is 13.8 Å². The molecule has 0 aliphatic carbocycles. The highest BCUT2D eigenvalue weighted by molar-refractivity contribution is 5.96. The first-order chi connectivity index (χ1) is 12.0. The van der Waals surface area contributed by atoms with Crippen LogP contribution in [0.1, 0.15) is 33.7 Å². The smallest absolute Gasteiger partial charge is 0.254 e. The van der Waals surface area contributed by atoms with E-state index in [0.29, 0.717) is 24.2 Å². The molecule has 1 atom stereocenters. The van der Waals surface area contributed by atoms with Gasteiger partial charge in [-0.05, 0) is 50.6 Å². The van der Waals surface area contributed by atoms with Crippen molar-refractivity contribution in [1.29, 1.82) is 0 Å². The normalized spacial score (nSPS) is 17.3. The first-order valence-corrected chi connectivity index (χ1v) is 8.59. The van der Waals surface area contributed by atoms with Crippen molar-refractivity contribution in [2.75, 3.05) is 25.9 Å². The second-order valence-corrected chi connectivity index (χ2v) is 6.75. The number of rotatable bonds is 4. The van der Waals surface area contributed by atoms with Crippen molar-refractivity contribution < 1.29 is 4.79 Å². The quantitative estimate of drug-likeness (QED) is 0.922. The molecule has 1 aliphatic heterocycles. The molecule has 1 aromatic heterocycles. The van der Waals surface area contributed by atoms with Gasteiger partial charge in [0.25, 0.3) is 5.91 Å². The molecule has 1 aliphatic rings. The molecule has 0 unspecified atom stereocenters. The van der Waals surface area contributed by atoms with Gasteiger partial charge in [0.1, 0.15) is 11.6 Å². The highest BCUT2D eigenvalue weighted by Gasteiger charge is 2.30. The predicted molar refractivity (Wildman–Crippen MR) is 98.1 cm³/mol. The summed E-state index contributed by atoms with van der Waals surface area (Å²) in [6.07, 6.45) is 2.63. The Hall–Kier alpha value is -2.47. The summed E-state index contributed by atoms with van der Waals surface area (Å²) < 4.78 is 0. The van der Waals surface area contributed by atoms with Crippen LogP contribution in [0.4, 0.5) is 5.82 Å². The van der Waals surface area contributed by atoms with E-state index in [1.54, 1.807) is 12.3 Å². The molecule has 1 amide bonds. The lowest BCUT2D eigenvalue weighted by Crippen LogP contribution is -2.36. The van der Waals surface area contributed by atoms with Gasteiger partial charge in [0.15, 0.2) is 0 Å². The van der Waals surface area contributed by atoms with Crippen molar-refractivity contribution in [2.24, 2.45) is 0 Å². The van der Waals surface area contributed by atoms with E-state index in [1.807, 2.05) is 44.0 Å². The van der Waals surface area contributed by atoms with Crippen molar-refractivity contribution in [3.05, 3.63) is 53.0 Å². The van der Waals surface area contributed by atoms with E-state index in [9.17, 15) is 4.79 Å². The number of likely N-dealkylation sites (N-methyl/N-ethyl adjacent to an activating group) is 1. The maximum absolute atomic E-state index is 12.9. The summed E-state index contributed by atoms with van der Waals surface area (Å²) in [4.78, 5) is 25.5. The van der Waals surface area contributed by atoms with Gasteiger partial charge in [0.2, 0.25) is 0 Å². The van der Waals surface area contributed by atoms with Crippen LogP contribution in [0.2, 0.25) is 0 Å². The number of aromatic nitrogens is 2. The average Bonchev–Trinajstić information content (AvgIpc) is 3.07. The first kappa shape index (κ1) is 17.4. The Morgan fingerprint density at radius 3 is 2.92 bits per heavy atom. The van der Waals surface area contributed by atoms with E-state index >= 15 is 0 Å². The van der Waals surface area contributed by atoms with Gasteiger partial charge in [-0.3, -0.25) is 9.69 Å². The maximum atomic E-state index is 12.9. The zero-order valence-corrected chi connectivity index (χ0v) is 15.1. The summed E-state index contributed by atoms with van der Waals surface area (Å²) >= 11 is 0. The predicted octanol–water partition coefficient (Wildman–Crippen LogP) is 2.02. The van der Waals surface area contributed by atoms with Crippen LogP contribution in [0.5, 0.6) is 0 Å². The van der Waals surface area contributed by atoms with Gasteiger partial charge in [-0.15, -0.1) is 0 Å². The lowest BCUT2D eigenvalue weighted by atomic mass is 10.0. The molecule has 6 heteroatoms. The number of hydrogen-bond donors (Lipinski definition) is 1. The minimum Gasteiger partial charge on any atom is -0.384 e. The third kappa shape index (κ3) is 3.79. The molecule has 25 heavy (non-hydrogen) atoms. The van der Waals surface area contributed by atoms with E-state index in [2.05, 4.69) is 14.9 Å². The lowest BCUT2D eigenvalue weighted by Gasteiger charge is -2.24. The van der Waals surface area contributed by atoms with E-state index in [1.165, 1.54) is 0 Å². The topological polar surface area (TPSA) is 75.4 Å². The largest absolute Gasteiger partial charge is 0.384 e. The molecule has 2 heterocycles. The summed E-state index contributed by atoms with van der Waals surface area (Å²) in [6, 6.07) is 7.90. The van der Waals surface area contributed by atoms with Crippen molar-refractivity contribution in [2.45, 2.75) is 32.9 Å². The van der Waals surface area contributed by atoms with Crippen LogP contribution >= 0.6 is 0 Å². The number of benzene rings is 1. The molecule has 0 spiro atoms. The number of nitrogens with zero attached hydrogens (tertiary/aromatic N) is 4. The first-order valence-electron chi connectivity index (χ1n) is 8.59. The molecule has 3 rings (SSSR count). The van der Waals surface area contributed by atoms with Crippen molar-refractivity contribution in [3.63, 3.8) is 0 Å². The Morgan fingerprint density at radius 1 is 1.36 bits per heavy atom. The molecule has 2 aromatic rings. The van der Waals surface area contributed by atoms with Gasteiger partial charge < -0.3 is 10.6 Å². The molecule has 2 N–H and O–H groups in total. The van der Waals surface area contributed by atoms with E-state index < -0.39 is 0 Å². The van der Waals surface area contributed by atoms with Gasteiger partial charge in [-0.1, -0.05) is 12.1 Å². The zero-order valence-electron chi connectivity index (χ0n) is 15.1. The summed E-state index contributed by atoms with van der Waals surface area (Å²) in [5, 5.41) is 0. The average molecular weight is 339 g/mol. The number of carbonyl (C=O) groups excluding carboxylic acids is 1. The van der Waals surface area contributed by atoms with E-state index in [0.717, 1.165) is 36.2 Å². The van der Waals surface area contributed by atoms with Crippen molar-refractivity contribution >= 4 is 11.7 Å². The Balaban J connectivity index is 1.64. The van der Waals surface area contributed by atoms with Crippen LogP contribution in [-0.4, -0.2) is 51.9 Å². The fraction of sp³-hybridized carbons (Fsp3) is 0.421. The minimum absolute atomic E-state index is 0.123. The second kappa shape index (κ2) is 7.19. The SMILES string of the molecule is Cc1cccc(C(=O)N2CC[C@H](N(C)Cc3nccc(N)n3)C2)c1C. The lowest BCUT2D eigenvalue weighted by molar-refractivity contribution is 0.0778.